The van der Waals surface area contributed by atoms with Crippen LogP contribution in [0.4, 0.5) is 5.82 Å². The van der Waals surface area contributed by atoms with Crippen molar-refractivity contribution in [3.63, 3.8) is 0 Å². The maximum absolute atomic E-state index is 5.98. The van der Waals surface area contributed by atoms with E-state index < -0.39 is 0 Å². The van der Waals surface area contributed by atoms with Crippen LogP contribution in [0.15, 0.2) is 22.7 Å². The Balaban J connectivity index is 2.63. The van der Waals surface area contributed by atoms with Crippen LogP contribution in [0.2, 0.25) is 5.02 Å². The highest BCUT2D eigenvalue weighted by atomic mass is 127. The molecule has 0 atom stereocenters. The first-order valence-corrected chi connectivity index (χ1v) is 7.93. The molecule has 0 saturated carbocycles. The Labute approximate surface area is 139 Å². The molecule has 0 aliphatic rings. The molecule has 0 aliphatic carbocycles. The van der Waals surface area contributed by atoms with E-state index in [1.54, 1.807) is 0 Å². The molecule has 2 rings (SSSR count). The number of halogens is 3. The Morgan fingerprint density at radius 2 is 2.00 bits per heavy atom. The number of rotatable bonds is 2. The molecule has 0 bridgehead atoms. The first kappa shape index (κ1) is 15.0. The highest BCUT2D eigenvalue weighted by Gasteiger charge is 2.15. The van der Waals surface area contributed by atoms with Crippen LogP contribution >= 0.6 is 50.1 Å². The lowest BCUT2D eigenvalue weighted by atomic mass is 10.1. The number of hydrogen-bond donors (Lipinski definition) is 1. The van der Waals surface area contributed by atoms with E-state index in [0.717, 1.165) is 19.3 Å². The zero-order valence-corrected chi connectivity index (χ0v) is 14.9. The normalized spacial score (nSPS) is 11.1. The van der Waals surface area contributed by atoms with Crippen molar-refractivity contribution in [2.45, 2.75) is 19.8 Å². The van der Waals surface area contributed by atoms with Gasteiger partial charge in [-0.2, -0.15) is 0 Å². The highest BCUT2D eigenvalue weighted by molar-refractivity contribution is 14.1. The minimum Gasteiger partial charge on any atom is -0.383 e. The number of hydrogen-bond acceptors (Lipinski definition) is 3. The summed E-state index contributed by atoms with van der Waals surface area (Å²) in [6.07, 6.45) is 0. The first-order valence-electron chi connectivity index (χ1n) is 5.68. The average molecular weight is 453 g/mol. The van der Waals surface area contributed by atoms with Crippen LogP contribution in [0.1, 0.15) is 25.5 Å². The van der Waals surface area contributed by atoms with Crippen molar-refractivity contribution in [2.24, 2.45) is 0 Å². The van der Waals surface area contributed by atoms with E-state index in [2.05, 4.69) is 62.3 Å². The minimum atomic E-state index is 0.294. The van der Waals surface area contributed by atoms with Gasteiger partial charge in [0.15, 0.2) is 5.82 Å². The molecule has 3 nitrogen and oxygen atoms in total. The number of benzene rings is 1. The Morgan fingerprint density at radius 3 is 2.58 bits per heavy atom. The summed E-state index contributed by atoms with van der Waals surface area (Å²) in [5, 5.41) is 0.665. The van der Waals surface area contributed by atoms with E-state index in [9.17, 15) is 0 Å². The van der Waals surface area contributed by atoms with Gasteiger partial charge in [0.2, 0.25) is 0 Å². The fourth-order valence-corrected chi connectivity index (χ4v) is 3.38. The van der Waals surface area contributed by atoms with Crippen LogP contribution in [-0.2, 0) is 0 Å². The molecule has 0 amide bonds. The highest BCUT2D eigenvalue weighted by Crippen LogP contribution is 2.31. The van der Waals surface area contributed by atoms with Crippen LogP contribution in [0.3, 0.4) is 0 Å². The van der Waals surface area contributed by atoms with Gasteiger partial charge in [-0.1, -0.05) is 25.4 Å². The third-order valence-electron chi connectivity index (χ3n) is 2.62. The fourth-order valence-electron chi connectivity index (χ4n) is 1.66. The van der Waals surface area contributed by atoms with E-state index in [4.69, 9.17) is 17.3 Å². The third-order valence-corrected chi connectivity index (χ3v) is 4.62. The summed E-state index contributed by atoms with van der Waals surface area (Å²) in [6, 6.07) is 5.52. The second-order valence-electron chi connectivity index (χ2n) is 4.41. The van der Waals surface area contributed by atoms with Crippen molar-refractivity contribution < 1.29 is 0 Å². The Morgan fingerprint density at radius 1 is 1.32 bits per heavy atom. The van der Waals surface area contributed by atoms with Crippen molar-refractivity contribution >= 4 is 55.9 Å². The van der Waals surface area contributed by atoms with Gasteiger partial charge in [-0.15, -0.1) is 0 Å². The standard InChI is InChI=1S/C13H12BrClIN3/c1-6(2)11-10(16)12(17)19-13(18-11)8-4-3-7(15)5-9(8)14/h3-6H,1-2H3,(H2,17,18,19). The quantitative estimate of drug-likeness (QED) is 0.662. The zero-order valence-electron chi connectivity index (χ0n) is 10.4. The van der Waals surface area contributed by atoms with Crippen molar-refractivity contribution in [3.05, 3.63) is 37.0 Å². The topological polar surface area (TPSA) is 51.8 Å². The predicted octanol–water partition coefficient (Wildman–Crippen LogP) is 4.87. The van der Waals surface area contributed by atoms with Crippen LogP contribution < -0.4 is 5.73 Å². The maximum atomic E-state index is 5.98. The van der Waals surface area contributed by atoms with Gasteiger partial charge in [0.25, 0.3) is 0 Å². The van der Waals surface area contributed by atoms with Crippen molar-refractivity contribution in [3.8, 4) is 11.4 Å². The molecule has 100 valence electrons. The van der Waals surface area contributed by atoms with Crippen LogP contribution in [-0.4, -0.2) is 9.97 Å². The largest absolute Gasteiger partial charge is 0.383 e. The van der Waals surface area contributed by atoms with Gasteiger partial charge >= 0.3 is 0 Å². The number of anilines is 1. The second kappa shape index (κ2) is 5.93. The fraction of sp³-hybridized carbons (Fsp3) is 0.231. The first-order chi connectivity index (χ1) is 8.90. The second-order valence-corrected chi connectivity index (χ2v) is 6.78. The summed E-state index contributed by atoms with van der Waals surface area (Å²) < 4.78 is 1.77. The molecule has 2 N–H and O–H groups in total. The van der Waals surface area contributed by atoms with Crippen LogP contribution in [0.25, 0.3) is 11.4 Å². The minimum absolute atomic E-state index is 0.294. The molecular formula is C13H12BrClIN3. The molecule has 0 radical (unpaired) electrons. The Hall–Kier alpha value is -0.400. The molecular weight excluding hydrogens is 440 g/mol. The summed E-state index contributed by atoms with van der Waals surface area (Å²) in [5.74, 6) is 1.42. The molecule has 0 saturated heterocycles. The molecule has 1 aromatic carbocycles. The number of nitrogens with zero attached hydrogens (tertiary/aromatic N) is 2. The average Bonchev–Trinajstić information content (AvgIpc) is 2.32. The van der Waals surface area contributed by atoms with Crippen molar-refractivity contribution in [1.29, 1.82) is 0 Å². The maximum Gasteiger partial charge on any atom is 0.162 e. The lowest BCUT2D eigenvalue weighted by molar-refractivity contribution is 0.810. The summed E-state index contributed by atoms with van der Waals surface area (Å²) in [6.45, 7) is 4.18. The predicted molar refractivity (Wildman–Crippen MR) is 91.4 cm³/mol. The third kappa shape index (κ3) is 3.20. The summed E-state index contributed by atoms with van der Waals surface area (Å²) in [5.41, 5.74) is 7.82. The Kier molecular flexibility index (Phi) is 4.68. The van der Waals surface area contributed by atoms with Gasteiger partial charge in [0.1, 0.15) is 5.82 Å². The number of nitrogen functional groups attached to an aromatic ring is 1. The SMILES string of the molecule is CC(C)c1nc(-c2ccc(Cl)cc2Br)nc(N)c1I. The molecule has 0 unspecified atom stereocenters. The van der Waals surface area contributed by atoms with E-state index >= 15 is 0 Å². The van der Waals surface area contributed by atoms with E-state index in [1.807, 2.05) is 18.2 Å². The molecule has 1 heterocycles. The molecule has 1 aromatic heterocycles. The molecule has 19 heavy (non-hydrogen) atoms. The summed E-state index contributed by atoms with van der Waals surface area (Å²) in [4.78, 5) is 8.98. The van der Waals surface area contributed by atoms with Crippen molar-refractivity contribution in [2.75, 3.05) is 5.73 Å². The Bertz CT molecular complexity index is 632. The van der Waals surface area contributed by atoms with Gasteiger partial charge in [0.05, 0.1) is 9.26 Å². The lowest BCUT2D eigenvalue weighted by Crippen LogP contribution is -2.06. The zero-order chi connectivity index (χ0) is 14.2. The van der Waals surface area contributed by atoms with E-state index in [1.165, 1.54) is 0 Å². The number of aromatic nitrogens is 2. The van der Waals surface area contributed by atoms with Gasteiger partial charge in [0, 0.05) is 15.1 Å². The van der Waals surface area contributed by atoms with Gasteiger partial charge in [-0.3, -0.25) is 0 Å². The molecule has 6 heteroatoms. The van der Waals surface area contributed by atoms with Crippen LogP contribution in [0.5, 0.6) is 0 Å². The summed E-state index contributed by atoms with van der Waals surface area (Å²) in [7, 11) is 0. The van der Waals surface area contributed by atoms with E-state index in [-0.39, 0.29) is 0 Å². The van der Waals surface area contributed by atoms with Crippen molar-refractivity contribution in [1.82, 2.24) is 9.97 Å². The van der Waals surface area contributed by atoms with Gasteiger partial charge < -0.3 is 5.73 Å². The molecule has 0 aliphatic heterocycles. The van der Waals surface area contributed by atoms with Crippen LogP contribution in [0, 0.1) is 3.57 Å². The number of nitrogens with two attached hydrogens (primary N) is 1. The van der Waals surface area contributed by atoms with Gasteiger partial charge in [-0.05, 0) is 62.6 Å². The smallest absolute Gasteiger partial charge is 0.162 e. The lowest BCUT2D eigenvalue weighted by Gasteiger charge is -2.12. The molecule has 0 fully saturated rings. The van der Waals surface area contributed by atoms with Gasteiger partial charge in [-0.25, -0.2) is 9.97 Å². The summed E-state index contributed by atoms with van der Waals surface area (Å²) >= 11 is 11.6. The monoisotopic (exact) mass is 451 g/mol. The van der Waals surface area contributed by atoms with E-state index in [0.29, 0.717) is 22.6 Å². The molecule has 2 aromatic rings. The molecule has 0 spiro atoms.